The second-order valence-electron chi connectivity index (χ2n) is 18.3. The number of aliphatic hydroxyl groups excluding tert-OH is 1. The van der Waals surface area contributed by atoms with Gasteiger partial charge in [-0.3, -0.25) is 24.6 Å². The molecule has 0 saturated heterocycles. The number of alkyl carbamates (subject to hydrolysis) is 1. The molecule has 0 aliphatic heterocycles. The third-order valence-electron chi connectivity index (χ3n) is 11.5. The molecule has 4 N–H and O–H groups in total. The second kappa shape index (κ2) is 21.3. The number of carbonyl (C=O) groups excluding carboxylic acids is 3. The number of methoxy groups -OCH3 is 1. The lowest BCUT2D eigenvalue weighted by atomic mass is 9.86. The van der Waals surface area contributed by atoms with E-state index in [0.29, 0.717) is 37.2 Å². The molecule has 3 aromatic carbocycles. The summed E-state index contributed by atoms with van der Waals surface area (Å²) < 4.78 is 6.37. The molecule has 2 aromatic heterocycles. The van der Waals surface area contributed by atoms with Crippen molar-refractivity contribution in [2.24, 2.45) is 16.7 Å². The molecule has 332 valence electrons. The normalized spacial score (nSPS) is 13.9. The van der Waals surface area contributed by atoms with Crippen molar-refractivity contribution >= 4 is 34.5 Å². The highest BCUT2D eigenvalue weighted by molar-refractivity contribution is 5.99. The summed E-state index contributed by atoms with van der Waals surface area (Å²) in [5.74, 6) is -1.53. The first-order chi connectivity index (χ1) is 29.5. The number of nitrogens with one attached hydrogen (secondary N) is 3. The van der Waals surface area contributed by atoms with Gasteiger partial charge in [-0.25, -0.2) is 14.6 Å². The van der Waals surface area contributed by atoms with Gasteiger partial charge in [0, 0.05) is 49.5 Å². The van der Waals surface area contributed by atoms with Crippen molar-refractivity contribution < 1.29 is 24.2 Å². The maximum atomic E-state index is 15.8. The largest absolute Gasteiger partial charge is 0.453 e. The van der Waals surface area contributed by atoms with Crippen LogP contribution in [0.1, 0.15) is 90.5 Å². The van der Waals surface area contributed by atoms with E-state index in [9.17, 15) is 19.5 Å². The van der Waals surface area contributed by atoms with Gasteiger partial charge in [0.05, 0.1) is 42.9 Å². The first-order valence-electron chi connectivity index (χ1n) is 21.6. The number of ether oxygens (including phenoxy) is 1. The van der Waals surface area contributed by atoms with Crippen molar-refractivity contribution in [3.63, 3.8) is 0 Å². The number of para-hydroxylation sites is 2. The predicted octanol–water partition coefficient (Wildman–Crippen LogP) is 7.45. The van der Waals surface area contributed by atoms with Crippen LogP contribution in [0.2, 0.25) is 0 Å². The number of benzene rings is 3. The van der Waals surface area contributed by atoms with Crippen molar-refractivity contribution in [2.75, 3.05) is 31.6 Å². The maximum absolute atomic E-state index is 15.8. The molecule has 0 bridgehead atoms. The predicted molar refractivity (Wildman–Crippen MR) is 245 cm³/mol. The fourth-order valence-corrected chi connectivity index (χ4v) is 7.77. The van der Waals surface area contributed by atoms with E-state index in [1.165, 1.54) is 7.11 Å². The van der Waals surface area contributed by atoms with E-state index in [1.54, 1.807) is 26.9 Å². The number of aliphatic hydroxyl groups is 1. The van der Waals surface area contributed by atoms with E-state index in [4.69, 9.17) is 4.74 Å². The van der Waals surface area contributed by atoms with E-state index in [-0.39, 0.29) is 54.9 Å². The van der Waals surface area contributed by atoms with E-state index in [1.807, 2.05) is 119 Å². The van der Waals surface area contributed by atoms with Crippen molar-refractivity contribution in [1.82, 2.24) is 30.3 Å². The quantitative estimate of drug-likeness (QED) is 0.0588. The molecule has 4 atom stereocenters. The topological polar surface area (TPSA) is 162 Å². The molecule has 5 rings (SSSR count). The Hall–Kier alpha value is -5.79. The Bertz CT molecular complexity index is 2280. The first kappa shape index (κ1) is 47.3. The number of aromatic nitrogens is 3. The Morgan fingerprint density at radius 2 is 1.60 bits per heavy atom. The van der Waals surface area contributed by atoms with Gasteiger partial charge in [0.25, 0.3) is 0 Å². The Balaban J connectivity index is 1.56. The summed E-state index contributed by atoms with van der Waals surface area (Å²) in [4.78, 5) is 64.1. The SMILES string of the molecule is CCC(C)C(C(=O)N(c1ccccc1)C(Cc1ccccc1)C(O)CN(CCC(C)(C)C)NC(=O)CC(C)(C)CNC(=O)OC)c1c[nH]c(=O)n1Cc1ccnc2ccccc12. The van der Waals surface area contributed by atoms with Gasteiger partial charge in [-0.05, 0) is 65.0 Å². The van der Waals surface area contributed by atoms with Crippen LogP contribution in [0.15, 0.2) is 108 Å². The fourth-order valence-electron chi connectivity index (χ4n) is 7.77. The van der Waals surface area contributed by atoms with E-state index in [2.05, 4.69) is 41.5 Å². The number of pyridine rings is 1. The van der Waals surface area contributed by atoms with Crippen molar-refractivity contribution in [1.29, 1.82) is 0 Å². The lowest BCUT2D eigenvalue weighted by Gasteiger charge is -2.40. The van der Waals surface area contributed by atoms with Crippen LogP contribution in [0.3, 0.4) is 0 Å². The number of H-pyrrole nitrogens is 1. The van der Waals surface area contributed by atoms with Crippen molar-refractivity contribution in [3.8, 4) is 0 Å². The van der Waals surface area contributed by atoms with Gasteiger partial charge in [-0.15, -0.1) is 0 Å². The van der Waals surface area contributed by atoms with Gasteiger partial charge < -0.3 is 25.0 Å². The first-order valence-corrected chi connectivity index (χ1v) is 21.6. The zero-order valence-electron chi connectivity index (χ0n) is 37.6. The summed E-state index contributed by atoms with van der Waals surface area (Å²) in [6.07, 6.45) is 3.37. The molecule has 0 fully saturated rings. The molecule has 0 spiro atoms. The van der Waals surface area contributed by atoms with Gasteiger partial charge in [0.2, 0.25) is 11.8 Å². The van der Waals surface area contributed by atoms with E-state index < -0.39 is 29.6 Å². The molecule has 4 unspecified atom stereocenters. The smallest absolute Gasteiger partial charge is 0.406 e. The summed E-state index contributed by atoms with van der Waals surface area (Å²) in [5.41, 5.74) is 5.81. The van der Waals surface area contributed by atoms with Crippen LogP contribution < -0.4 is 21.3 Å². The number of fused-ring (bicyclic) bond motifs is 1. The van der Waals surface area contributed by atoms with Crippen molar-refractivity contribution in [3.05, 3.63) is 131 Å². The van der Waals surface area contributed by atoms with Crippen LogP contribution in [-0.2, 0) is 27.3 Å². The average Bonchev–Trinajstić information content (AvgIpc) is 3.60. The van der Waals surface area contributed by atoms with Crippen LogP contribution in [0.25, 0.3) is 10.9 Å². The van der Waals surface area contributed by atoms with Crippen LogP contribution in [0.5, 0.6) is 0 Å². The third kappa shape index (κ3) is 12.9. The maximum Gasteiger partial charge on any atom is 0.406 e. The molecule has 0 aliphatic carbocycles. The van der Waals surface area contributed by atoms with Gasteiger partial charge in [-0.2, -0.15) is 0 Å². The van der Waals surface area contributed by atoms with Gasteiger partial charge in [0.15, 0.2) is 0 Å². The number of aromatic amines is 1. The lowest BCUT2D eigenvalue weighted by molar-refractivity contribution is -0.129. The summed E-state index contributed by atoms with van der Waals surface area (Å²) in [5, 5.41) is 18.0. The van der Waals surface area contributed by atoms with Crippen LogP contribution in [0, 0.1) is 16.7 Å². The molecule has 3 amide bonds. The van der Waals surface area contributed by atoms with Gasteiger partial charge in [0.1, 0.15) is 0 Å². The average molecular weight is 848 g/mol. The minimum absolute atomic E-state index is 0.00868. The number of hydrogen-bond acceptors (Lipinski definition) is 8. The number of rotatable bonds is 20. The summed E-state index contributed by atoms with van der Waals surface area (Å²) in [6.45, 7) is 15.0. The number of carbonyl (C=O) groups is 3. The fraction of sp³-hybridized carbons (Fsp3) is 0.449. The number of nitrogens with zero attached hydrogens (tertiary/aromatic N) is 4. The number of hydrogen-bond donors (Lipinski definition) is 4. The molecule has 2 heterocycles. The van der Waals surface area contributed by atoms with Gasteiger partial charge >= 0.3 is 11.8 Å². The molecule has 5 aromatic rings. The second-order valence-corrected chi connectivity index (χ2v) is 18.3. The Kier molecular flexibility index (Phi) is 16.3. The van der Waals surface area contributed by atoms with Gasteiger partial charge in [-0.1, -0.05) is 122 Å². The Morgan fingerprint density at radius 3 is 2.26 bits per heavy atom. The molecule has 13 nitrogen and oxygen atoms in total. The Morgan fingerprint density at radius 1 is 0.935 bits per heavy atom. The van der Waals surface area contributed by atoms with E-state index >= 15 is 4.79 Å². The summed E-state index contributed by atoms with van der Waals surface area (Å²) >= 11 is 0. The summed E-state index contributed by atoms with van der Waals surface area (Å²) in [7, 11) is 1.29. The highest BCUT2D eigenvalue weighted by Crippen LogP contribution is 2.34. The standard InChI is InChI=1S/C49H65N7O6/c1-9-34(2)44(41-30-51-46(60)55(41)31-36-24-26-50-39-23-17-16-22-38(36)39)45(59)56(37-20-14-11-15-21-37)40(28-35-18-12-10-13-19-35)42(57)32-54(27-25-48(3,4)5)53-43(58)29-49(6,7)33-52-47(61)62-8/h10-24,26,30,34,40,42,44,57H,9,25,27-29,31-33H2,1-8H3,(H,51,60)(H,52,61)(H,53,58). The molecule has 13 heteroatoms. The van der Waals surface area contributed by atoms with Crippen LogP contribution >= 0.6 is 0 Å². The van der Waals surface area contributed by atoms with Crippen molar-refractivity contribution in [2.45, 2.75) is 98.8 Å². The molecule has 0 aliphatic rings. The minimum Gasteiger partial charge on any atom is -0.453 e. The molecule has 0 radical (unpaired) electrons. The van der Waals surface area contributed by atoms with Crippen LogP contribution in [-0.4, -0.2) is 81.4 Å². The number of amides is 3. The zero-order chi connectivity index (χ0) is 45.0. The Labute approximate surface area is 365 Å². The highest BCUT2D eigenvalue weighted by atomic mass is 16.5. The zero-order valence-corrected chi connectivity index (χ0v) is 37.6. The monoisotopic (exact) mass is 847 g/mol. The molecular weight excluding hydrogens is 783 g/mol. The van der Waals surface area contributed by atoms with Crippen LogP contribution in [0.4, 0.5) is 10.5 Å². The molecule has 62 heavy (non-hydrogen) atoms. The number of hydrazine groups is 1. The summed E-state index contributed by atoms with van der Waals surface area (Å²) in [6, 6.07) is 28.0. The number of imidazole rings is 1. The molecular formula is C49H65N7O6. The highest BCUT2D eigenvalue weighted by Gasteiger charge is 2.40. The minimum atomic E-state index is -1.16. The molecule has 0 saturated carbocycles. The van der Waals surface area contributed by atoms with E-state index in [0.717, 1.165) is 22.0 Å². The lowest BCUT2D eigenvalue weighted by Crippen LogP contribution is -2.56. The third-order valence-corrected chi connectivity index (χ3v) is 11.5. The number of anilines is 1.